The maximum absolute atomic E-state index is 12.7. The van der Waals surface area contributed by atoms with E-state index in [1.807, 2.05) is 11.9 Å². The van der Waals surface area contributed by atoms with Gasteiger partial charge < -0.3 is 19.3 Å². The summed E-state index contributed by atoms with van der Waals surface area (Å²) in [4.78, 5) is 16.9. The number of fused-ring (bicyclic) bond motifs is 1. The SMILES string of the molecule is CN1CCO[C@H](C(=O)N2CCO[C@@H]3CCCC[C@H]32)C1. The highest BCUT2D eigenvalue weighted by atomic mass is 16.5. The Hall–Kier alpha value is -0.650. The number of carbonyl (C=O) groups excluding carboxylic acids is 1. The standard InChI is InChI=1S/C14H24N2O3/c1-15-6-8-19-13(10-15)14(17)16-7-9-18-12-5-3-2-4-11(12)16/h11-13H,2-10H2,1H3/t11-,12-,13+/m1/s1. The van der Waals surface area contributed by atoms with Gasteiger partial charge in [-0.05, 0) is 19.9 Å². The fourth-order valence-corrected chi connectivity index (χ4v) is 3.48. The lowest BCUT2D eigenvalue weighted by molar-refractivity contribution is -0.165. The first-order valence-corrected chi connectivity index (χ1v) is 7.48. The van der Waals surface area contributed by atoms with Crippen LogP contribution in [-0.2, 0) is 14.3 Å². The van der Waals surface area contributed by atoms with Crippen LogP contribution in [0.2, 0.25) is 0 Å². The highest BCUT2D eigenvalue weighted by Crippen LogP contribution is 2.29. The average molecular weight is 268 g/mol. The summed E-state index contributed by atoms with van der Waals surface area (Å²) in [5.41, 5.74) is 0. The van der Waals surface area contributed by atoms with Gasteiger partial charge in [0, 0.05) is 19.6 Å². The molecule has 0 unspecified atom stereocenters. The van der Waals surface area contributed by atoms with E-state index in [1.54, 1.807) is 0 Å². The molecule has 2 aliphatic heterocycles. The number of carbonyl (C=O) groups is 1. The lowest BCUT2D eigenvalue weighted by atomic mass is 9.90. The van der Waals surface area contributed by atoms with Crippen LogP contribution in [0.3, 0.4) is 0 Å². The molecule has 3 aliphatic rings. The molecule has 5 heteroatoms. The van der Waals surface area contributed by atoms with Gasteiger partial charge >= 0.3 is 0 Å². The Morgan fingerprint density at radius 1 is 1.11 bits per heavy atom. The summed E-state index contributed by atoms with van der Waals surface area (Å²) in [5, 5.41) is 0. The van der Waals surface area contributed by atoms with Crippen LogP contribution in [0.4, 0.5) is 0 Å². The van der Waals surface area contributed by atoms with Gasteiger partial charge in [0.15, 0.2) is 0 Å². The Bertz CT molecular complexity index is 335. The number of amides is 1. The molecule has 1 amide bonds. The van der Waals surface area contributed by atoms with E-state index in [0.717, 1.165) is 25.9 Å². The van der Waals surface area contributed by atoms with Crippen molar-refractivity contribution in [2.75, 3.05) is 39.9 Å². The highest BCUT2D eigenvalue weighted by Gasteiger charge is 2.39. The second-order valence-electron chi connectivity index (χ2n) is 5.91. The van der Waals surface area contributed by atoms with Gasteiger partial charge in [-0.25, -0.2) is 0 Å². The number of ether oxygens (including phenoxy) is 2. The van der Waals surface area contributed by atoms with Crippen LogP contribution >= 0.6 is 0 Å². The molecule has 1 aliphatic carbocycles. The first-order valence-electron chi connectivity index (χ1n) is 7.48. The molecule has 3 atom stereocenters. The molecule has 0 aromatic rings. The van der Waals surface area contributed by atoms with Crippen LogP contribution < -0.4 is 0 Å². The first-order chi connectivity index (χ1) is 9.25. The van der Waals surface area contributed by atoms with Gasteiger partial charge in [0.2, 0.25) is 0 Å². The highest BCUT2D eigenvalue weighted by molar-refractivity contribution is 5.81. The molecule has 0 spiro atoms. The number of rotatable bonds is 1. The van der Waals surface area contributed by atoms with Crippen molar-refractivity contribution in [1.29, 1.82) is 0 Å². The van der Waals surface area contributed by atoms with E-state index in [2.05, 4.69) is 4.90 Å². The van der Waals surface area contributed by atoms with Crippen molar-refractivity contribution < 1.29 is 14.3 Å². The molecule has 2 heterocycles. The lowest BCUT2D eigenvalue weighted by Gasteiger charge is -2.45. The van der Waals surface area contributed by atoms with Gasteiger partial charge in [0.25, 0.3) is 5.91 Å². The van der Waals surface area contributed by atoms with Crippen molar-refractivity contribution in [2.45, 2.75) is 43.9 Å². The molecule has 5 nitrogen and oxygen atoms in total. The molecule has 0 aromatic heterocycles. The molecular weight excluding hydrogens is 244 g/mol. The van der Waals surface area contributed by atoms with Crippen molar-refractivity contribution in [3.05, 3.63) is 0 Å². The van der Waals surface area contributed by atoms with E-state index >= 15 is 0 Å². The maximum Gasteiger partial charge on any atom is 0.253 e. The smallest absolute Gasteiger partial charge is 0.253 e. The largest absolute Gasteiger partial charge is 0.374 e. The normalized spacial score (nSPS) is 36.9. The molecule has 19 heavy (non-hydrogen) atoms. The fourth-order valence-electron chi connectivity index (χ4n) is 3.48. The third-order valence-corrected chi connectivity index (χ3v) is 4.56. The molecular formula is C14H24N2O3. The molecule has 108 valence electrons. The number of nitrogens with zero attached hydrogens (tertiary/aromatic N) is 2. The van der Waals surface area contributed by atoms with Crippen LogP contribution in [0.15, 0.2) is 0 Å². The summed E-state index contributed by atoms with van der Waals surface area (Å²) in [5.74, 6) is 0.173. The van der Waals surface area contributed by atoms with E-state index in [9.17, 15) is 4.79 Å². The van der Waals surface area contributed by atoms with E-state index < -0.39 is 0 Å². The molecule has 0 aromatic carbocycles. The maximum atomic E-state index is 12.7. The summed E-state index contributed by atoms with van der Waals surface area (Å²) in [6.07, 6.45) is 4.59. The van der Waals surface area contributed by atoms with Crippen molar-refractivity contribution in [3.8, 4) is 0 Å². The molecule has 3 fully saturated rings. The molecule has 3 rings (SSSR count). The number of hydrogen-bond acceptors (Lipinski definition) is 4. The van der Waals surface area contributed by atoms with Gasteiger partial charge in [-0.1, -0.05) is 12.8 Å². The van der Waals surface area contributed by atoms with Crippen LogP contribution in [0.5, 0.6) is 0 Å². The van der Waals surface area contributed by atoms with E-state index in [4.69, 9.17) is 9.47 Å². The Labute approximate surface area is 114 Å². The number of morpholine rings is 2. The van der Waals surface area contributed by atoms with E-state index in [0.29, 0.717) is 19.8 Å². The third kappa shape index (κ3) is 2.78. The lowest BCUT2D eigenvalue weighted by Crippen LogP contribution is -2.59. The zero-order valence-corrected chi connectivity index (χ0v) is 11.7. The van der Waals surface area contributed by atoms with Crippen LogP contribution in [-0.4, -0.2) is 73.9 Å². The predicted molar refractivity (Wildman–Crippen MR) is 70.9 cm³/mol. The minimum Gasteiger partial charge on any atom is -0.374 e. The first kappa shape index (κ1) is 13.3. The Morgan fingerprint density at radius 2 is 1.89 bits per heavy atom. The second kappa shape index (κ2) is 5.77. The van der Waals surface area contributed by atoms with Gasteiger partial charge in [-0.2, -0.15) is 0 Å². The van der Waals surface area contributed by atoms with Gasteiger partial charge in [-0.3, -0.25) is 4.79 Å². The van der Waals surface area contributed by atoms with Gasteiger partial charge in [-0.15, -0.1) is 0 Å². The summed E-state index contributed by atoms with van der Waals surface area (Å²) >= 11 is 0. The second-order valence-corrected chi connectivity index (χ2v) is 5.91. The fraction of sp³-hybridized carbons (Fsp3) is 0.929. The monoisotopic (exact) mass is 268 g/mol. The molecule has 0 radical (unpaired) electrons. The average Bonchev–Trinajstić information content (AvgIpc) is 2.46. The Balaban J connectivity index is 1.67. The minimum atomic E-state index is -0.278. The summed E-state index contributed by atoms with van der Waals surface area (Å²) < 4.78 is 11.5. The van der Waals surface area contributed by atoms with Crippen molar-refractivity contribution in [2.24, 2.45) is 0 Å². The Kier molecular flexibility index (Phi) is 4.05. The summed E-state index contributed by atoms with van der Waals surface area (Å²) in [6.45, 7) is 3.69. The molecule has 0 bridgehead atoms. The van der Waals surface area contributed by atoms with Gasteiger partial charge in [0.1, 0.15) is 6.10 Å². The molecule has 0 N–H and O–H groups in total. The zero-order valence-electron chi connectivity index (χ0n) is 11.7. The van der Waals surface area contributed by atoms with Crippen molar-refractivity contribution >= 4 is 5.91 Å². The minimum absolute atomic E-state index is 0.173. The van der Waals surface area contributed by atoms with Crippen molar-refractivity contribution in [3.63, 3.8) is 0 Å². The summed E-state index contributed by atoms with van der Waals surface area (Å²) in [7, 11) is 2.05. The van der Waals surface area contributed by atoms with Gasteiger partial charge in [0.05, 0.1) is 25.4 Å². The van der Waals surface area contributed by atoms with Crippen LogP contribution in [0, 0.1) is 0 Å². The van der Waals surface area contributed by atoms with E-state index in [1.165, 1.54) is 12.8 Å². The summed E-state index contributed by atoms with van der Waals surface area (Å²) in [6, 6.07) is 0.283. The molecule has 2 saturated heterocycles. The topological polar surface area (TPSA) is 42.0 Å². The predicted octanol–water partition coefficient (Wildman–Crippen LogP) is 0.487. The quantitative estimate of drug-likeness (QED) is 0.694. The van der Waals surface area contributed by atoms with Crippen molar-refractivity contribution in [1.82, 2.24) is 9.80 Å². The number of likely N-dealkylation sites (N-methyl/N-ethyl adjacent to an activating group) is 1. The Morgan fingerprint density at radius 3 is 2.74 bits per heavy atom. The van der Waals surface area contributed by atoms with Crippen LogP contribution in [0.1, 0.15) is 25.7 Å². The molecule has 1 saturated carbocycles. The zero-order chi connectivity index (χ0) is 13.2. The van der Waals surface area contributed by atoms with Crippen LogP contribution in [0.25, 0.3) is 0 Å². The third-order valence-electron chi connectivity index (χ3n) is 4.56. The number of hydrogen-bond donors (Lipinski definition) is 0. The van der Waals surface area contributed by atoms with E-state index in [-0.39, 0.29) is 24.2 Å².